The Morgan fingerprint density at radius 3 is 3.03 bits per heavy atom. The first kappa shape index (κ1) is 19.0. The molecule has 13 heteroatoms. The number of anilines is 4. The van der Waals surface area contributed by atoms with E-state index in [1.807, 2.05) is 22.4 Å². The number of amides is 2. The molecule has 1 aliphatic rings. The SMILES string of the molecule is NC(=O)c1cc(Nc2nc(N3CCCC3C(=O)Nc3nccs3)nn3cccc23)n[nH]1. The van der Waals surface area contributed by atoms with E-state index >= 15 is 0 Å². The third-order valence-electron chi connectivity index (χ3n) is 4.94. The third-order valence-corrected chi connectivity index (χ3v) is 5.63. The van der Waals surface area contributed by atoms with E-state index in [1.54, 1.807) is 16.9 Å². The van der Waals surface area contributed by atoms with Crippen LogP contribution in [0.3, 0.4) is 0 Å². The van der Waals surface area contributed by atoms with Crippen LogP contribution < -0.4 is 21.3 Å². The van der Waals surface area contributed by atoms with Gasteiger partial charge in [0.2, 0.25) is 11.9 Å². The second-order valence-corrected chi connectivity index (χ2v) is 7.83. The van der Waals surface area contributed by atoms with Crippen LogP contribution >= 0.6 is 11.3 Å². The van der Waals surface area contributed by atoms with Gasteiger partial charge in [-0.25, -0.2) is 9.50 Å². The zero-order valence-corrected chi connectivity index (χ0v) is 17.0. The van der Waals surface area contributed by atoms with Gasteiger partial charge < -0.3 is 21.3 Å². The molecule has 1 atom stereocenters. The molecule has 1 saturated heterocycles. The molecule has 0 radical (unpaired) electrons. The summed E-state index contributed by atoms with van der Waals surface area (Å²) in [5.74, 6) is 0.540. The smallest absolute Gasteiger partial charge is 0.266 e. The number of aromatic amines is 1. The van der Waals surface area contributed by atoms with Gasteiger partial charge >= 0.3 is 0 Å². The number of H-pyrrole nitrogens is 1. The van der Waals surface area contributed by atoms with Crippen molar-refractivity contribution >= 4 is 51.4 Å². The van der Waals surface area contributed by atoms with Gasteiger partial charge in [-0.15, -0.1) is 16.4 Å². The topological polar surface area (TPSA) is 159 Å². The quantitative estimate of drug-likeness (QED) is 0.351. The highest BCUT2D eigenvalue weighted by Crippen LogP contribution is 2.27. The van der Waals surface area contributed by atoms with Crippen molar-refractivity contribution in [2.45, 2.75) is 18.9 Å². The zero-order valence-electron chi connectivity index (χ0n) is 16.1. The maximum absolute atomic E-state index is 12.8. The molecule has 12 nitrogen and oxygen atoms in total. The first-order valence-electron chi connectivity index (χ1n) is 9.53. The molecule has 1 unspecified atom stereocenters. The second-order valence-electron chi connectivity index (χ2n) is 6.93. The summed E-state index contributed by atoms with van der Waals surface area (Å²) in [6, 6.07) is 4.79. The number of carbonyl (C=O) groups excluding carboxylic acids is 2. The second kappa shape index (κ2) is 7.68. The van der Waals surface area contributed by atoms with Gasteiger partial charge in [0.25, 0.3) is 5.91 Å². The van der Waals surface area contributed by atoms with E-state index in [0.29, 0.717) is 35.7 Å². The third kappa shape index (κ3) is 3.66. The average Bonchev–Trinajstić information content (AvgIpc) is 3.53. The highest BCUT2D eigenvalue weighted by Gasteiger charge is 2.33. The largest absolute Gasteiger partial charge is 0.364 e. The summed E-state index contributed by atoms with van der Waals surface area (Å²) in [5, 5.41) is 19.5. The molecule has 1 aliphatic heterocycles. The minimum Gasteiger partial charge on any atom is -0.364 e. The molecule has 0 saturated carbocycles. The lowest BCUT2D eigenvalue weighted by Crippen LogP contribution is -2.40. The Morgan fingerprint density at radius 1 is 1.35 bits per heavy atom. The van der Waals surface area contributed by atoms with E-state index in [4.69, 9.17) is 5.73 Å². The van der Waals surface area contributed by atoms with Gasteiger partial charge in [-0.1, -0.05) is 0 Å². The number of hydrogen-bond donors (Lipinski definition) is 4. The monoisotopic (exact) mass is 438 g/mol. The molecule has 0 spiro atoms. The molecule has 2 amide bonds. The number of nitrogens with one attached hydrogen (secondary N) is 3. The Kier molecular flexibility index (Phi) is 4.71. The summed E-state index contributed by atoms with van der Waals surface area (Å²) >= 11 is 1.37. The highest BCUT2D eigenvalue weighted by atomic mass is 32.1. The van der Waals surface area contributed by atoms with E-state index in [1.165, 1.54) is 17.4 Å². The maximum atomic E-state index is 12.8. The molecule has 4 aromatic rings. The zero-order chi connectivity index (χ0) is 21.4. The van der Waals surface area contributed by atoms with Crippen molar-refractivity contribution in [3.8, 4) is 0 Å². The van der Waals surface area contributed by atoms with Crippen LogP contribution in [0, 0.1) is 0 Å². The van der Waals surface area contributed by atoms with Gasteiger partial charge in [-0.3, -0.25) is 14.7 Å². The molecule has 0 aromatic carbocycles. The van der Waals surface area contributed by atoms with E-state index in [9.17, 15) is 9.59 Å². The number of thiazole rings is 1. The first-order chi connectivity index (χ1) is 15.1. The van der Waals surface area contributed by atoms with Crippen molar-refractivity contribution in [2.24, 2.45) is 5.73 Å². The standard InChI is InChI=1S/C18H18N10O2S/c19-14(29)10-9-13(25-24-10)21-15-11-3-2-7-28(11)26-17(22-15)27-6-1-4-12(27)16(30)23-18-20-5-8-31-18/h2-3,5,7-9,12H,1,4,6H2,(H2,19,29)(H,20,23,30)(H2,21,22,24,25,26). The molecule has 5 heterocycles. The van der Waals surface area contributed by atoms with Crippen LogP contribution in [-0.4, -0.2) is 54.2 Å². The van der Waals surface area contributed by atoms with Crippen molar-refractivity contribution in [3.05, 3.63) is 41.7 Å². The van der Waals surface area contributed by atoms with Crippen LogP contribution in [0.4, 0.5) is 22.7 Å². The van der Waals surface area contributed by atoms with Crippen molar-refractivity contribution in [3.63, 3.8) is 0 Å². The van der Waals surface area contributed by atoms with Crippen molar-refractivity contribution in [2.75, 3.05) is 22.1 Å². The highest BCUT2D eigenvalue weighted by molar-refractivity contribution is 7.13. The van der Waals surface area contributed by atoms with Crippen LogP contribution in [-0.2, 0) is 4.79 Å². The van der Waals surface area contributed by atoms with Gasteiger partial charge in [0.1, 0.15) is 17.3 Å². The number of carbonyl (C=O) groups is 2. The molecule has 4 aromatic heterocycles. The molecule has 0 aliphatic carbocycles. The van der Waals surface area contributed by atoms with Gasteiger partial charge in [-0.05, 0) is 25.0 Å². The van der Waals surface area contributed by atoms with Crippen molar-refractivity contribution < 1.29 is 9.59 Å². The van der Waals surface area contributed by atoms with E-state index in [0.717, 1.165) is 11.9 Å². The molecule has 1 fully saturated rings. The van der Waals surface area contributed by atoms with Gasteiger partial charge in [0, 0.05) is 30.4 Å². The fourth-order valence-electron chi connectivity index (χ4n) is 3.52. The van der Waals surface area contributed by atoms with E-state index in [2.05, 4.69) is 35.9 Å². The fraction of sp³-hybridized carbons (Fsp3) is 0.222. The van der Waals surface area contributed by atoms with Gasteiger partial charge in [-0.2, -0.15) is 10.1 Å². The summed E-state index contributed by atoms with van der Waals surface area (Å²) in [6.45, 7) is 0.649. The minimum atomic E-state index is -0.608. The normalized spacial score (nSPS) is 16.0. The molecule has 5 N–H and O–H groups in total. The Bertz CT molecular complexity index is 1250. The predicted molar refractivity (Wildman–Crippen MR) is 114 cm³/mol. The average molecular weight is 438 g/mol. The molecule has 5 rings (SSSR count). The summed E-state index contributed by atoms with van der Waals surface area (Å²) < 4.78 is 1.68. The van der Waals surface area contributed by atoms with Gasteiger partial charge in [0.05, 0.1) is 0 Å². The molecule has 158 valence electrons. The number of nitrogens with two attached hydrogens (primary N) is 1. The molecule has 0 bridgehead atoms. The first-order valence-corrected chi connectivity index (χ1v) is 10.4. The van der Waals surface area contributed by atoms with Crippen LogP contribution in [0.2, 0.25) is 0 Å². The Hall–Kier alpha value is -4.00. The molecular weight excluding hydrogens is 420 g/mol. The number of rotatable bonds is 6. The van der Waals surface area contributed by atoms with Crippen molar-refractivity contribution in [1.29, 1.82) is 0 Å². The number of nitrogens with zero attached hydrogens (tertiary/aromatic N) is 6. The lowest BCUT2D eigenvalue weighted by atomic mass is 10.2. The predicted octanol–water partition coefficient (Wildman–Crippen LogP) is 1.36. The summed E-state index contributed by atoms with van der Waals surface area (Å²) in [4.78, 5) is 34.8. The van der Waals surface area contributed by atoms with Crippen LogP contribution in [0.15, 0.2) is 36.0 Å². The minimum absolute atomic E-state index is 0.142. The summed E-state index contributed by atoms with van der Waals surface area (Å²) in [6.07, 6.45) is 4.97. The Morgan fingerprint density at radius 2 is 2.26 bits per heavy atom. The van der Waals surface area contributed by atoms with E-state index in [-0.39, 0.29) is 11.6 Å². The number of primary amides is 1. The summed E-state index contributed by atoms with van der Waals surface area (Å²) in [7, 11) is 0. The Balaban J connectivity index is 1.45. The Labute approximate surface area is 179 Å². The van der Waals surface area contributed by atoms with Crippen molar-refractivity contribution in [1.82, 2.24) is 29.8 Å². The number of fused-ring (bicyclic) bond motifs is 1. The molecule has 31 heavy (non-hydrogen) atoms. The van der Waals surface area contributed by atoms with E-state index < -0.39 is 11.9 Å². The number of hydrogen-bond acceptors (Lipinski definition) is 9. The van der Waals surface area contributed by atoms with Crippen LogP contribution in [0.1, 0.15) is 23.3 Å². The van der Waals surface area contributed by atoms with Crippen LogP contribution in [0.5, 0.6) is 0 Å². The lowest BCUT2D eigenvalue weighted by molar-refractivity contribution is -0.117. The summed E-state index contributed by atoms with van der Waals surface area (Å²) in [5.41, 5.74) is 6.18. The number of aromatic nitrogens is 6. The maximum Gasteiger partial charge on any atom is 0.266 e. The van der Waals surface area contributed by atoms with Crippen LogP contribution in [0.25, 0.3) is 5.52 Å². The fourth-order valence-corrected chi connectivity index (χ4v) is 4.05. The van der Waals surface area contributed by atoms with Gasteiger partial charge in [0.15, 0.2) is 16.8 Å². The lowest BCUT2D eigenvalue weighted by Gasteiger charge is -2.24. The molecular formula is C18H18N10O2S.